The van der Waals surface area contributed by atoms with Gasteiger partial charge in [0.05, 0.1) is 11.1 Å². The van der Waals surface area contributed by atoms with Crippen LogP contribution >= 0.6 is 23.4 Å². The third-order valence-electron chi connectivity index (χ3n) is 2.60. The minimum Gasteiger partial charge on any atom is -0.392 e. The van der Waals surface area contributed by atoms with E-state index in [9.17, 15) is 5.11 Å². The van der Waals surface area contributed by atoms with Crippen LogP contribution in [0.1, 0.15) is 26.3 Å². The van der Waals surface area contributed by atoms with E-state index in [1.165, 1.54) is 5.56 Å². The molecular formula is C13H20ClNOS. The molecule has 0 aromatic heterocycles. The van der Waals surface area contributed by atoms with Crippen molar-refractivity contribution in [1.82, 2.24) is 5.32 Å². The van der Waals surface area contributed by atoms with E-state index in [4.69, 9.17) is 11.6 Å². The fourth-order valence-electron chi connectivity index (χ4n) is 1.37. The van der Waals surface area contributed by atoms with Crippen LogP contribution in [0.25, 0.3) is 0 Å². The van der Waals surface area contributed by atoms with E-state index in [2.05, 4.69) is 18.3 Å². The molecule has 1 aromatic carbocycles. The van der Waals surface area contributed by atoms with Crippen molar-refractivity contribution in [2.24, 2.45) is 0 Å². The highest BCUT2D eigenvalue weighted by molar-refractivity contribution is 8.00. The molecule has 0 spiro atoms. The predicted molar refractivity (Wildman–Crippen MR) is 75.8 cm³/mol. The second-order valence-corrected chi connectivity index (χ2v) is 5.87. The monoisotopic (exact) mass is 273 g/mol. The summed E-state index contributed by atoms with van der Waals surface area (Å²) in [6.45, 7) is 7.64. The van der Waals surface area contributed by atoms with Crippen molar-refractivity contribution in [1.29, 1.82) is 0 Å². The molecule has 0 saturated carbocycles. The second-order valence-electron chi connectivity index (χ2n) is 4.07. The molecule has 0 amide bonds. The van der Waals surface area contributed by atoms with Gasteiger partial charge in [0.1, 0.15) is 0 Å². The molecule has 1 rings (SSSR count). The summed E-state index contributed by atoms with van der Waals surface area (Å²) in [5.41, 5.74) is 1.19. The summed E-state index contributed by atoms with van der Waals surface area (Å²) in [4.78, 5) is 1.07. The molecule has 2 nitrogen and oxygen atoms in total. The summed E-state index contributed by atoms with van der Waals surface area (Å²) in [6, 6.07) is 5.94. The Labute approximate surface area is 113 Å². The van der Waals surface area contributed by atoms with Gasteiger partial charge in [0.15, 0.2) is 0 Å². The summed E-state index contributed by atoms with van der Waals surface area (Å²) in [6.07, 6.45) is -0.344. The minimum atomic E-state index is -0.344. The lowest BCUT2D eigenvalue weighted by Crippen LogP contribution is -2.16. The van der Waals surface area contributed by atoms with Crippen molar-refractivity contribution in [3.8, 4) is 0 Å². The lowest BCUT2D eigenvalue weighted by molar-refractivity contribution is 0.196. The fraction of sp³-hybridized carbons (Fsp3) is 0.538. The predicted octanol–water partition coefficient (Wildman–Crippen LogP) is 3.31. The van der Waals surface area contributed by atoms with Crippen LogP contribution in [0.15, 0.2) is 23.1 Å². The molecule has 0 saturated heterocycles. The number of benzene rings is 1. The summed E-state index contributed by atoms with van der Waals surface area (Å²) in [5, 5.41) is 13.8. The maximum absolute atomic E-state index is 9.56. The van der Waals surface area contributed by atoms with Gasteiger partial charge in [-0.1, -0.05) is 37.6 Å². The lowest BCUT2D eigenvalue weighted by Gasteiger charge is -2.18. The van der Waals surface area contributed by atoms with Crippen LogP contribution in [0, 0.1) is 0 Å². The maximum Gasteiger partial charge on any atom is 0.0631 e. The van der Waals surface area contributed by atoms with Gasteiger partial charge in [-0.25, -0.2) is 0 Å². The molecule has 2 unspecified atom stereocenters. The third-order valence-corrected chi connectivity index (χ3v) is 4.51. The molecule has 17 heavy (non-hydrogen) atoms. The summed E-state index contributed by atoms with van der Waals surface area (Å²) in [7, 11) is 0. The second kappa shape index (κ2) is 7.27. The van der Waals surface area contributed by atoms with E-state index in [0.29, 0.717) is 0 Å². The average molecular weight is 274 g/mol. The number of hydrogen-bond donors (Lipinski definition) is 2. The Balaban J connectivity index is 2.87. The van der Waals surface area contributed by atoms with Crippen molar-refractivity contribution in [3.05, 3.63) is 28.8 Å². The topological polar surface area (TPSA) is 32.3 Å². The van der Waals surface area contributed by atoms with Gasteiger partial charge in [0, 0.05) is 16.7 Å². The number of thioether (sulfide) groups is 1. The number of aliphatic hydroxyl groups excluding tert-OH is 1. The van der Waals surface area contributed by atoms with E-state index in [1.807, 2.05) is 19.1 Å². The average Bonchev–Trinajstić information content (AvgIpc) is 2.29. The maximum atomic E-state index is 9.56. The molecule has 0 aliphatic heterocycles. The SMILES string of the molecule is CCNCc1cccc(Cl)c1SC(C)C(C)O. The van der Waals surface area contributed by atoms with Crippen LogP contribution in [0.2, 0.25) is 5.02 Å². The Morgan fingerprint density at radius 3 is 2.71 bits per heavy atom. The van der Waals surface area contributed by atoms with Gasteiger partial charge in [-0.3, -0.25) is 0 Å². The standard InChI is InChI=1S/C13H20ClNOS/c1-4-15-8-11-6-5-7-12(14)13(11)17-10(3)9(2)16/h5-7,9-10,15-16H,4,8H2,1-3H3. The van der Waals surface area contributed by atoms with Crippen molar-refractivity contribution in [2.45, 2.75) is 43.6 Å². The van der Waals surface area contributed by atoms with Gasteiger partial charge < -0.3 is 10.4 Å². The molecule has 1 aromatic rings. The molecule has 0 aliphatic rings. The first-order valence-corrected chi connectivity index (χ1v) is 7.14. The normalized spacial score (nSPS) is 14.6. The summed E-state index contributed by atoms with van der Waals surface area (Å²) in [5.74, 6) is 0. The van der Waals surface area contributed by atoms with E-state index < -0.39 is 0 Å². The zero-order valence-corrected chi connectivity index (χ0v) is 12.1. The highest BCUT2D eigenvalue weighted by Crippen LogP contribution is 2.34. The largest absolute Gasteiger partial charge is 0.392 e. The first-order valence-electron chi connectivity index (χ1n) is 5.89. The minimum absolute atomic E-state index is 0.135. The Bertz CT molecular complexity index is 357. The van der Waals surface area contributed by atoms with Gasteiger partial charge in [-0.05, 0) is 25.1 Å². The van der Waals surface area contributed by atoms with Crippen LogP contribution in [0.5, 0.6) is 0 Å². The van der Waals surface area contributed by atoms with Gasteiger partial charge in [0.2, 0.25) is 0 Å². The Kier molecular flexibility index (Phi) is 6.34. The van der Waals surface area contributed by atoms with Crippen molar-refractivity contribution in [3.63, 3.8) is 0 Å². The van der Waals surface area contributed by atoms with Crippen LogP contribution in [0.3, 0.4) is 0 Å². The third kappa shape index (κ3) is 4.51. The highest BCUT2D eigenvalue weighted by atomic mass is 35.5. The summed E-state index contributed by atoms with van der Waals surface area (Å²) >= 11 is 7.86. The molecule has 4 heteroatoms. The van der Waals surface area contributed by atoms with E-state index in [-0.39, 0.29) is 11.4 Å². The Morgan fingerprint density at radius 2 is 2.12 bits per heavy atom. The van der Waals surface area contributed by atoms with E-state index in [0.717, 1.165) is 23.0 Å². The molecule has 96 valence electrons. The van der Waals surface area contributed by atoms with Crippen molar-refractivity contribution < 1.29 is 5.11 Å². The van der Waals surface area contributed by atoms with Crippen LogP contribution in [-0.4, -0.2) is 23.0 Å². The molecule has 0 fully saturated rings. The molecular weight excluding hydrogens is 254 g/mol. The quantitative estimate of drug-likeness (QED) is 0.780. The number of halogens is 1. The first kappa shape index (κ1) is 14.8. The lowest BCUT2D eigenvalue weighted by atomic mass is 10.2. The van der Waals surface area contributed by atoms with Crippen LogP contribution < -0.4 is 5.32 Å². The molecule has 2 atom stereocenters. The molecule has 2 N–H and O–H groups in total. The van der Waals surface area contributed by atoms with E-state index >= 15 is 0 Å². The van der Waals surface area contributed by atoms with Crippen molar-refractivity contribution >= 4 is 23.4 Å². The van der Waals surface area contributed by atoms with Crippen LogP contribution in [0.4, 0.5) is 0 Å². The van der Waals surface area contributed by atoms with Gasteiger partial charge in [0.25, 0.3) is 0 Å². The number of hydrogen-bond acceptors (Lipinski definition) is 3. The zero-order valence-electron chi connectivity index (χ0n) is 10.5. The molecule has 0 radical (unpaired) electrons. The zero-order chi connectivity index (χ0) is 12.8. The van der Waals surface area contributed by atoms with Crippen LogP contribution in [-0.2, 0) is 6.54 Å². The van der Waals surface area contributed by atoms with Gasteiger partial charge in [-0.2, -0.15) is 0 Å². The number of rotatable bonds is 6. The van der Waals surface area contributed by atoms with E-state index in [1.54, 1.807) is 18.7 Å². The van der Waals surface area contributed by atoms with Crippen molar-refractivity contribution in [2.75, 3.05) is 6.54 Å². The van der Waals surface area contributed by atoms with Gasteiger partial charge in [-0.15, -0.1) is 11.8 Å². The number of nitrogens with one attached hydrogen (secondary N) is 1. The Morgan fingerprint density at radius 1 is 1.41 bits per heavy atom. The smallest absolute Gasteiger partial charge is 0.0631 e. The van der Waals surface area contributed by atoms with Gasteiger partial charge >= 0.3 is 0 Å². The molecule has 0 heterocycles. The summed E-state index contributed by atoms with van der Waals surface area (Å²) < 4.78 is 0. The fourth-order valence-corrected chi connectivity index (χ4v) is 2.74. The first-order chi connectivity index (χ1) is 8.06. The Hall–Kier alpha value is -0.220. The molecule has 0 aliphatic carbocycles. The highest BCUT2D eigenvalue weighted by Gasteiger charge is 2.15. The molecule has 0 bridgehead atoms. The number of aliphatic hydroxyl groups is 1.